The van der Waals surface area contributed by atoms with Crippen LogP contribution >= 0.6 is 0 Å². The summed E-state index contributed by atoms with van der Waals surface area (Å²) >= 11 is 0. The fourth-order valence-corrected chi connectivity index (χ4v) is 2.99. The number of hydrogen-bond acceptors (Lipinski definition) is 2. The standard InChI is InChI=1S/C18H28N2O/c1-14(2)11-15-6-8-16(9-7-15)12-18(21)20-10-4-5-17(13-20)19-3/h6-9,14,17,19H,4-5,10-13H2,1-3H3. The molecule has 3 nitrogen and oxygen atoms in total. The molecule has 1 aliphatic rings. The van der Waals surface area contributed by atoms with E-state index < -0.39 is 0 Å². The third kappa shape index (κ3) is 4.85. The Labute approximate surface area is 128 Å². The van der Waals surface area contributed by atoms with Gasteiger partial charge in [0.2, 0.25) is 5.91 Å². The molecule has 0 aromatic heterocycles. The lowest BCUT2D eigenvalue weighted by atomic mass is 10.0. The number of benzene rings is 1. The SMILES string of the molecule is CNC1CCCN(C(=O)Cc2ccc(CC(C)C)cc2)C1. The molecule has 2 rings (SSSR count). The number of carbonyl (C=O) groups excluding carboxylic acids is 1. The Morgan fingerprint density at radius 3 is 2.57 bits per heavy atom. The highest BCUT2D eigenvalue weighted by molar-refractivity contribution is 5.78. The number of nitrogens with zero attached hydrogens (tertiary/aromatic N) is 1. The monoisotopic (exact) mass is 288 g/mol. The van der Waals surface area contributed by atoms with E-state index in [-0.39, 0.29) is 5.91 Å². The largest absolute Gasteiger partial charge is 0.341 e. The van der Waals surface area contributed by atoms with Crippen molar-refractivity contribution in [1.82, 2.24) is 10.2 Å². The highest BCUT2D eigenvalue weighted by Gasteiger charge is 2.22. The normalized spacial score (nSPS) is 19.0. The van der Waals surface area contributed by atoms with Gasteiger partial charge in [0.05, 0.1) is 6.42 Å². The van der Waals surface area contributed by atoms with E-state index in [1.54, 1.807) is 0 Å². The first-order valence-corrected chi connectivity index (χ1v) is 8.11. The van der Waals surface area contributed by atoms with Gasteiger partial charge in [0.1, 0.15) is 0 Å². The second-order valence-electron chi connectivity index (χ2n) is 6.56. The van der Waals surface area contributed by atoms with Crippen molar-refractivity contribution in [3.8, 4) is 0 Å². The molecule has 116 valence electrons. The van der Waals surface area contributed by atoms with Gasteiger partial charge in [-0.3, -0.25) is 4.79 Å². The molecule has 1 atom stereocenters. The molecule has 1 N–H and O–H groups in total. The lowest BCUT2D eigenvalue weighted by Crippen LogP contribution is -2.47. The maximum atomic E-state index is 12.4. The summed E-state index contributed by atoms with van der Waals surface area (Å²) in [5, 5.41) is 3.28. The van der Waals surface area contributed by atoms with Gasteiger partial charge >= 0.3 is 0 Å². The summed E-state index contributed by atoms with van der Waals surface area (Å²) in [5.41, 5.74) is 2.48. The van der Waals surface area contributed by atoms with E-state index >= 15 is 0 Å². The lowest BCUT2D eigenvalue weighted by Gasteiger charge is -2.32. The Kier molecular flexibility index (Phi) is 5.80. The van der Waals surface area contributed by atoms with Gasteiger partial charge in [-0.15, -0.1) is 0 Å². The van der Waals surface area contributed by atoms with Crippen LogP contribution in [-0.2, 0) is 17.6 Å². The van der Waals surface area contributed by atoms with Gasteiger partial charge in [-0.25, -0.2) is 0 Å². The molecular formula is C18H28N2O. The van der Waals surface area contributed by atoms with E-state index in [1.165, 1.54) is 12.0 Å². The second kappa shape index (κ2) is 7.60. The van der Waals surface area contributed by atoms with Crippen LogP contribution in [0.25, 0.3) is 0 Å². The van der Waals surface area contributed by atoms with Crippen LogP contribution in [0.2, 0.25) is 0 Å². The first kappa shape index (κ1) is 16.0. The van der Waals surface area contributed by atoms with Crippen LogP contribution in [0.1, 0.15) is 37.8 Å². The van der Waals surface area contributed by atoms with Gasteiger partial charge < -0.3 is 10.2 Å². The topological polar surface area (TPSA) is 32.3 Å². The highest BCUT2D eigenvalue weighted by Crippen LogP contribution is 2.14. The van der Waals surface area contributed by atoms with Crippen molar-refractivity contribution >= 4 is 5.91 Å². The minimum absolute atomic E-state index is 0.256. The lowest BCUT2D eigenvalue weighted by molar-refractivity contribution is -0.131. The Bertz CT molecular complexity index is 453. The number of likely N-dealkylation sites (tertiary alicyclic amines) is 1. The first-order chi connectivity index (χ1) is 10.1. The van der Waals surface area contributed by atoms with Gasteiger partial charge in [0.15, 0.2) is 0 Å². The molecule has 1 fully saturated rings. The maximum absolute atomic E-state index is 12.4. The van der Waals surface area contributed by atoms with Crippen molar-refractivity contribution in [3.05, 3.63) is 35.4 Å². The molecule has 1 aromatic rings. The zero-order valence-electron chi connectivity index (χ0n) is 13.6. The molecule has 0 aliphatic carbocycles. The summed E-state index contributed by atoms with van der Waals surface area (Å²) in [6.45, 7) is 6.21. The Balaban J connectivity index is 1.90. The molecule has 1 saturated heterocycles. The summed E-state index contributed by atoms with van der Waals surface area (Å²) in [4.78, 5) is 14.4. The van der Waals surface area contributed by atoms with Crippen molar-refractivity contribution in [2.45, 2.75) is 45.6 Å². The summed E-state index contributed by atoms with van der Waals surface area (Å²) < 4.78 is 0. The Morgan fingerprint density at radius 2 is 1.95 bits per heavy atom. The number of rotatable bonds is 5. The third-order valence-corrected chi connectivity index (χ3v) is 4.20. The average molecular weight is 288 g/mol. The van der Waals surface area contributed by atoms with Crippen molar-refractivity contribution in [2.24, 2.45) is 5.92 Å². The molecule has 1 unspecified atom stereocenters. The van der Waals surface area contributed by atoms with Gasteiger partial charge in [-0.2, -0.15) is 0 Å². The molecule has 3 heteroatoms. The second-order valence-corrected chi connectivity index (χ2v) is 6.56. The summed E-state index contributed by atoms with van der Waals surface area (Å²) in [5.74, 6) is 0.927. The van der Waals surface area contributed by atoms with E-state index in [0.717, 1.165) is 31.5 Å². The molecule has 0 bridgehead atoms. The summed E-state index contributed by atoms with van der Waals surface area (Å²) in [6.07, 6.45) is 3.90. The van der Waals surface area contributed by atoms with E-state index in [9.17, 15) is 4.79 Å². The van der Waals surface area contributed by atoms with Crippen LogP contribution in [0.3, 0.4) is 0 Å². The summed E-state index contributed by atoms with van der Waals surface area (Å²) in [7, 11) is 1.98. The third-order valence-electron chi connectivity index (χ3n) is 4.20. The Morgan fingerprint density at radius 1 is 1.29 bits per heavy atom. The van der Waals surface area contributed by atoms with E-state index in [4.69, 9.17) is 0 Å². The van der Waals surface area contributed by atoms with Crippen molar-refractivity contribution < 1.29 is 4.79 Å². The summed E-state index contributed by atoms with van der Waals surface area (Å²) in [6, 6.07) is 8.99. The van der Waals surface area contributed by atoms with E-state index in [2.05, 4.69) is 43.4 Å². The number of likely N-dealkylation sites (N-methyl/N-ethyl adjacent to an activating group) is 1. The molecule has 21 heavy (non-hydrogen) atoms. The quantitative estimate of drug-likeness (QED) is 0.903. The smallest absolute Gasteiger partial charge is 0.227 e. The molecule has 0 radical (unpaired) electrons. The zero-order valence-corrected chi connectivity index (χ0v) is 13.6. The molecule has 1 aromatic carbocycles. The van der Waals surface area contributed by atoms with Gasteiger partial charge in [-0.1, -0.05) is 38.1 Å². The highest BCUT2D eigenvalue weighted by atomic mass is 16.2. The van der Waals surface area contributed by atoms with Crippen molar-refractivity contribution in [3.63, 3.8) is 0 Å². The van der Waals surface area contributed by atoms with Gasteiger partial charge in [-0.05, 0) is 43.4 Å². The van der Waals surface area contributed by atoms with Crippen LogP contribution in [0.4, 0.5) is 0 Å². The van der Waals surface area contributed by atoms with Gasteiger partial charge in [0, 0.05) is 19.1 Å². The molecular weight excluding hydrogens is 260 g/mol. The molecule has 1 heterocycles. The predicted molar refractivity (Wildman–Crippen MR) is 87.3 cm³/mol. The van der Waals surface area contributed by atoms with Crippen LogP contribution in [0, 0.1) is 5.92 Å². The van der Waals surface area contributed by atoms with Crippen LogP contribution in [0.5, 0.6) is 0 Å². The molecule has 1 amide bonds. The number of carbonyl (C=O) groups is 1. The predicted octanol–water partition coefficient (Wildman–Crippen LogP) is 2.64. The number of hydrogen-bond donors (Lipinski definition) is 1. The van der Waals surface area contributed by atoms with Crippen LogP contribution in [-0.4, -0.2) is 37.0 Å². The Hall–Kier alpha value is -1.35. The first-order valence-electron chi connectivity index (χ1n) is 8.11. The van der Waals surface area contributed by atoms with Crippen molar-refractivity contribution in [2.75, 3.05) is 20.1 Å². The van der Waals surface area contributed by atoms with Crippen LogP contribution < -0.4 is 5.32 Å². The van der Waals surface area contributed by atoms with Gasteiger partial charge in [0.25, 0.3) is 0 Å². The minimum atomic E-state index is 0.256. The molecule has 0 spiro atoms. The number of piperidine rings is 1. The molecule has 1 aliphatic heterocycles. The average Bonchev–Trinajstić information content (AvgIpc) is 2.49. The van der Waals surface area contributed by atoms with E-state index in [1.807, 2.05) is 11.9 Å². The fourth-order valence-electron chi connectivity index (χ4n) is 2.99. The fraction of sp³-hybridized carbons (Fsp3) is 0.611. The number of nitrogens with one attached hydrogen (secondary N) is 1. The minimum Gasteiger partial charge on any atom is -0.341 e. The zero-order chi connectivity index (χ0) is 15.2. The van der Waals surface area contributed by atoms with Crippen LogP contribution in [0.15, 0.2) is 24.3 Å². The van der Waals surface area contributed by atoms with E-state index in [0.29, 0.717) is 18.4 Å². The number of amides is 1. The maximum Gasteiger partial charge on any atom is 0.227 e. The van der Waals surface area contributed by atoms with Crippen molar-refractivity contribution in [1.29, 1.82) is 0 Å². The molecule has 0 saturated carbocycles.